The number of aryl methyl sites for hydroxylation is 1. The Morgan fingerprint density at radius 3 is 2.71 bits per heavy atom. The lowest BCUT2D eigenvalue weighted by Gasteiger charge is -2.14. The highest BCUT2D eigenvalue weighted by atomic mass is 16.5. The normalized spacial score (nSPS) is 12.5. The van der Waals surface area contributed by atoms with Crippen molar-refractivity contribution >= 4 is 11.6 Å². The first-order valence-electron chi connectivity index (χ1n) is 5.56. The number of carbonyl (C=O) groups excluding carboxylic acids is 1. The van der Waals surface area contributed by atoms with Crippen molar-refractivity contribution in [3.8, 4) is 0 Å². The fraction of sp³-hybridized carbons (Fsp3) is 0.636. The monoisotopic (exact) mass is 240 g/mol. The van der Waals surface area contributed by atoms with E-state index in [1.807, 2.05) is 13.8 Å². The average molecular weight is 240 g/mol. The van der Waals surface area contributed by atoms with E-state index in [0.717, 1.165) is 11.4 Å². The first-order valence-corrected chi connectivity index (χ1v) is 5.56. The number of nitrogens with zero attached hydrogens (tertiary/aromatic N) is 2. The number of carbonyl (C=O) groups is 1. The van der Waals surface area contributed by atoms with E-state index in [-0.39, 0.29) is 11.9 Å². The standard InChI is InChI=1S/C11H20N4O2/c1-7-10(12)8(2)15(14-7)9(3)11(16)13-5-6-17-4/h9H,5-6,12H2,1-4H3,(H,13,16). The van der Waals surface area contributed by atoms with Crippen LogP contribution in [0.15, 0.2) is 0 Å². The maximum atomic E-state index is 11.8. The maximum Gasteiger partial charge on any atom is 0.244 e. The zero-order chi connectivity index (χ0) is 13.0. The summed E-state index contributed by atoms with van der Waals surface area (Å²) >= 11 is 0. The fourth-order valence-corrected chi connectivity index (χ4v) is 1.59. The van der Waals surface area contributed by atoms with Crippen molar-refractivity contribution in [3.63, 3.8) is 0 Å². The smallest absolute Gasteiger partial charge is 0.244 e. The van der Waals surface area contributed by atoms with Crippen LogP contribution in [0.2, 0.25) is 0 Å². The number of nitrogens with one attached hydrogen (secondary N) is 1. The molecule has 0 radical (unpaired) electrons. The Kier molecular flexibility index (Phi) is 4.51. The molecule has 0 saturated heterocycles. The lowest BCUT2D eigenvalue weighted by Crippen LogP contribution is -2.34. The van der Waals surface area contributed by atoms with Gasteiger partial charge in [0.05, 0.1) is 23.7 Å². The van der Waals surface area contributed by atoms with Gasteiger partial charge in [-0.15, -0.1) is 0 Å². The van der Waals surface area contributed by atoms with Crippen LogP contribution < -0.4 is 11.1 Å². The van der Waals surface area contributed by atoms with Crippen molar-refractivity contribution in [3.05, 3.63) is 11.4 Å². The van der Waals surface area contributed by atoms with Gasteiger partial charge in [0.15, 0.2) is 0 Å². The number of nitrogens with two attached hydrogens (primary N) is 1. The number of ether oxygens (including phenoxy) is 1. The summed E-state index contributed by atoms with van der Waals surface area (Å²) in [5, 5.41) is 7.03. The molecule has 0 aliphatic carbocycles. The fourth-order valence-electron chi connectivity index (χ4n) is 1.59. The van der Waals surface area contributed by atoms with Crippen molar-refractivity contribution in [2.45, 2.75) is 26.8 Å². The van der Waals surface area contributed by atoms with Gasteiger partial charge in [0, 0.05) is 13.7 Å². The topological polar surface area (TPSA) is 82.2 Å². The third-order valence-corrected chi connectivity index (χ3v) is 2.73. The minimum absolute atomic E-state index is 0.0901. The number of rotatable bonds is 5. The molecule has 6 heteroatoms. The van der Waals surface area contributed by atoms with Gasteiger partial charge in [-0.25, -0.2) is 0 Å². The van der Waals surface area contributed by atoms with Crippen LogP contribution in [0.4, 0.5) is 5.69 Å². The molecule has 1 atom stereocenters. The zero-order valence-corrected chi connectivity index (χ0v) is 10.8. The molecule has 0 fully saturated rings. The third kappa shape index (κ3) is 2.97. The van der Waals surface area contributed by atoms with E-state index < -0.39 is 0 Å². The van der Waals surface area contributed by atoms with Crippen molar-refractivity contribution < 1.29 is 9.53 Å². The number of anilines is 1. The van der Waals surface area contributed by atoms with Crippen LogP contribution in [0.5, 0.6) is 0 Å². The second-order valence-corrected chi connectivity index (χ2v) is 3.99. The Hall–Kier alpha value is -1.56. The predicted octanol–water partition coefficient (Wildman–Crippen LogP) is 0.406. The van der Waals surface area contributed by atoms with Crippen LogP contribution in [0, 0.1) is 13.8 Å². The van der Waals surface area contributed by atoms with Gasteiger partial charge in [0.1, 0.15) is 6.04 Å². The molecule has 0 aliphatic heterocycles. The molecule has 1 rings (SSSR count). The lowest BCUT2D eigenvalue weighted by atomic mass is 10.3. The summed E-state index contributed by atoms with van der Waals surface area (Å²) in [7, 11) is 1.59. The second-order valence-electron chi connectivity index (χ2n) is 3.99. The van der Waals surface area contributed by atoms with Crippen molar-refractivity contribution in [1.29, 1.82) is 0 Å². The highest BCUT2D eigenvalue weighted by Crippen LogP contribution is 2.18. The summed E-state index contributed by atoms with van der Waals surface area (Å²) in [5.41, 5.74) is 8.03. The summed E-state index contributed by atoms with van der Waals surface area (Å²) < 4.78 is 6.51. The second kappa shape index (κ2) is 5.67. The summed E-state index contributed by atoms with van der Waals surface area (Å²) in [6, 6.07) is -0.372. The van der Waals surface area contributed by atoms with Crippen LogP contribution in [-0.2, 0) is 9.53 Å². The molecule has 3 N–H and O–H groups in total. The Morgan fingerprint density at radius 1 is 1.59 bits per heavy atom. The molecule has 1 aromatic rings. The molecule has 1 aromatic heterocycles. The molecule has 6 nitrogen and oxygen atoms in total. The van der Waals surface area contributed by atoms with E-state index >= 15 is 0 Å². The van der Waals surface area contributed by atoms with E-state index in [4.69, 9.17) is 10.5 Å². The van der Waals surface area contributed by atoms with Crippen LogP contribution in [0.3, 0.4) is 0 Å². The first kappa shape index (κ1) is 13.5. The van der Waals surface area contributed by atoms with Crippen LogP contribution in [0.25, 0.3) is 0 Å². The molecule has 0 bridgehead atoms. The number of hydrogen-bond acceptors (Lipinski definition) is 4. The van der Waals surface area contributed by atoms with Gasteiger partial charge in [-0.1, -0.05) is 0 Å². The molecular weight excluding hydrogens is 220 g/mol. The third-order valence-electron chi connectivity index (χ3n) is 2.73. The number of amides is 1. The molecule has 0 spiro atoms. The van der Waals surface area contributed by atoms with Gasteiger partial charge in [0.2, 0.25) is 5.91 Å². The number of aromatic nitrogens is 2. The molecule has 1 heterocycles. The van der Waals surface area contributed by atoms with Crippen LogP contribution in [0.1, 0.15) is 24.4 Å². The molecule has 1 amide bonds. The molecule has 96 valence electrons. The summed E-state index contributed by atoms with van der Waals surface area (Å²) in [6.45, 7) is 6.47. The van der Waals surface area contributed by atoms with E-state index in [1.165, 1.54) is 0 Å². The summed E-state index contributed by atoms with van der Waals surface area (Å²) in [4.78, 5) is 11.8. The molecule has 17 heavy (non-hydrogen) atoms. The lowest BCUT2D eigenvalue weighted by molar-refractivity contribution is -0.124. The minimum atomic E-state index is -0.372. The van der Waals surface area contributed by atoms with Crippen LogP contribution >= 0.6 is 0 Å². The number of methoxy groups -OCH3 is 1. The molecule has 0 aromatic carbocycles. The van der Waals surface area contributed by atoms with Gasteiger partial charge < -0.3 is 15.8 Å². The number of hydrogen-bond donors (Lipinski definition) is 2. The highest BCUT2D eigenvalue weighted by Gasteiger charge is 2.19. The van der Waals surface area contributed by atoms with Crippen molar-refractivity contribution in [2.75, 3.05) is 26.0 Å². The predicted molar refractivity (Wildman–Crippen MR) is 65.7 cm³/mol. The average Bonchev–Trinajstić information content (AvgIpc) is 2.56. The Bertz CT molecular complexity index is 400. The van der Waals surface area contributed by atoms with Gasteiger partial charge in [0.25, 0.3) is 0 Å². The minimum Gasteiger partial charge on any atom is -0.396 e. The Labute approximate surface area is 101 Å². The zero-order valence-electron chi connectivity index (χ0n) is 10.8. The molecule has 1 unspecified atom stereocenters. The quantitative estimate of drug-likeness (QED) is 0.730. The Balaban J connectivity index is 2.71. The highest BCUT2D eigenvalue weighted by molar-refractivity contribution is 5.80. The van der Waals surface area contributed by atoms with E-state index in [2.05, 4.69) is 10.4 Å². The van der Waals surface area contributed by atoms with E-state index in [0.29, 0.717) is 18.8 Å². The van der Waals surface area contributed by atoms with Gasteiger partial charge in [-0.3, -0.25) is 9.48 Å². The van der Waals surface area contributed by atoms with E-state index in [9.17, 15) is 4.79 Å². The van der Waals surface area contributed by atoms with Crippen molar-refractivity contribution in [1.82, 2.24) is 15.1 Å². The molecule has 0 aliphatic rings. The van der Waals surface area contributed by atoms with Gasteiger partial charge in [-0.2, -0.15) is 5.10 Å². The Morgan fingerprint density at radius 2 is 2.24 bits per heavy atom. The van der Waals surface area contributed by atoms with Crippen molar-refractivity contribution in [2.24, 2.45) is 0 Å². The molecule has 0 saturated carbocycles. The van der Waals surface area contributed by atoms with E-state index in [1.54, 1.807) is 18.7 Å². The number of nitrogen functional groups attached to an aromatic ring is 1. The SMILES string of the molecule is COCCNC(=O)C(C)n1nc(C)c(N)c1C. The van der Waals surface area contributed by atoms with Gasteiger partial charge in [-0.05, 0) is 20.8 Å². The van der Waals surface area contributed by atoms with Crippen LogP contribution in [-0.4, -0.2) is 35.9 Å². The summed E-state index contributed by atoms with van der Waals surface area (Å²) in [6.07, 6.45) is 0. The summed E-state index contributed by atoms with van der Waals surface area (Å²) in [5.74, 6) is -0.0901. The largest absolute Gasteiger partial charge is 0.396 e. The first-order chi connectivity index (χ1) is 7.99. The molecular formula is C11H20N4O2. The van der Waals surface area contributed by atoms with Gasteiger partial charge >= 0.3 is 0 Å². The maximum absolute atomic E-state index is 11.8.